The minimum absolute atomic E-state index is 0.0419. The van der Waals surface area contributed by atoms with Gasteiger partial charge in [-0.25, -0.2) is 0 Å². The van der Waals surface area contributed by atoms with Crippen molar-refractivity contribution in [2.75, 3.05) is 16.4 Å². The molecule has 2 heterocycles. The van der Waals surface area contributed by atoms with Gasteiger partial charge in [0.15, 0.2) is 0 Å². The summed E-state index contributed by atoms with van der Waals surface area (Å²) in [6.07, 6.45) is -3.26. The Hall–Kier alpha value is -4.14. The third-order valence-electron chi connectivity index (χ3n) is 6.55. The van der Waals surface area contributed by atoms with Gasteiger partial charge in [0.25, 0.3) is 5.91 Å². The summed E-state index contributed by atoms with van der Waals surface area (Å²) in [6.45, 7) is 7.37. The van der Waals surface area contributed by atoms with Crippen LogP contribution >= 0.6 is 23.4 Å². The lowest BCUT2D eigenvalue weighted by Gasteiger charge is -2.28. The fourth-order valence-corrected chi connectivity index (χ4v) is 5.80. The second-order valence-electron chi connectivity index (χ2n) is 9.72. The molecule has 4 rings (SSSR count). The largest absolute Gasteiger partial charge is 0.468 e. The molecule has 12 heteroatoms. The number of rotatable bonds is 7. The molecule has 2 amide bonds. The Balaban J connectivity index is 1.61. The lowest BCUT2D eigenvalue weighted by Crippen LogP contribution is -2.31. The summed E-state index contributed by atoms with van der Waals surface area (Å²) in [5.41, 5.74) is 2.90. The topological polar surface area (TPSA) is 107 Å². The highest BCUT2D eigenvalue weighted by Gasteiger charge is 2.37. The summed E-state index contributed by atoms with van der Waals surface area (Å²) in [5.74, 6) is -1.84. The van der Waals surface area contributed by atoms with Gasteiger partial charge in [-0.05, 0) is 69.2 Å². The van der Waals surface area contributed by atoms with E-state index in [4.69, 9.17) is 16.0 Å². The number of nitrogens with zero attached hydrogens (tertiary/aromatic N) is 1. The second-order valence-corrected chi connectivity index (χ2v) is 11.1. The smallest absolute Gasteiger partial charge is 0.416 e. The number of carbonyl (C=O) groups excluding carboxylic acids is 2. The lowest BCUT2D eigenvalue weighted by molar-refractivity contribution is -0.137. The molecular formula is C30H26ClF3N4O3S. The Labute approximate surface area is 249 Å². The summed E-state index contributed by atoms with van der Waals surface area (Å²) < 4.78 is 45.4. The molecule has 1 aliphatic rings. The lowest BCUT2D eigenvalue weighted by atomic mass is 9.85. The number of nitrogens with one attached hydrogen (secondary N) is 3. The van der Waals surface area contributed by atoms with Crippen molar-refractivity contribution in [1.29, 1.82) is 5.26 Å². The average molecular weight is 615 g/mol. The molecule has 2 aromatic carbocycles. The van der Waals surface area contributed by atoms with Crippen LogP contribution in [0.25, 0.3) is 0 Å². The van der Waals surface area contributed by atoms with Crippen LogP contribution in [-0.2, 0) is 15.8 Å². The Kier molecular flexibility index (Phi) is 9.09. The molecule has 1 aromatic heterocycles. The summed E-state index contributed by atoms with van der Waals surface area (Å²) in [7, 11) is 0. The highest BCUT2D eigenvalue weighted by atomic mass is 35.5. The number of thioether (sulfide) groups is 1. The number of dihydropyridines is 1. The van der Waals surface area contributed by atoms with Crippen LogP contribution in [0.3, 0.4) is 0 Å². The molecule has 1 unspecified atom stereocenters. The maximum absolute atomic E-state index is 13.5. The number of benzene rings is 2. The SMILES string of the molecule is CC1=C(C(=O)Nc2cc(C(F)(F)F)ccc2Cl)C(c2ccco2)C(C#N)=C(SCC(=O)Nc2c(C)cc(C)cc2C)N1. The highest BCUT2D eigenvalue weighted by Crippen LogP contribution is 2.42. The van der Waals surface area contributed by atoms with Crippen LogP contribution in [0, 0.1) is 32.1 Å². The summed E-state index contributed by atoms with van der Waals surface area (Å²) >= 11 is 7.18. The van der Waals surface area contributed by atoms with E-state index >= 15 is 0 Å². The second kappa shape index (κ2) is 12.4. The van der Waals surface area contributed by atoms with Gasteiger partial charge in [0, 0.05) is 11.4 Å². The van der Waals surface area contributed by atoms with Crippen LogP contribution in [0.15, 0.2) is 75.0 Å². The monoisotopic (exact) mass is 614 g/mol. The molecule has 218 valence electrons. The third kappa shape index (κ3) is 6.66. The number of allylic oxidation sites excluding steroid dienone is 2. The molecule has 3 aromatic rings. The van der Waals surface area contributed by atoms with Crippen LogP contribution < -0.4 is 16.0 Å². The van der Waals surface area contributed by atoms with E-state index in [0.717, 1.165) is 46.7 Å². The van der Waals surface area contributed by atoms with Crippen molar-refractivity contribution in [3.05, 3.63) is 104 Å². The number of carbonyl (C=O) groups is 2. The number of alkyl halides is 3. The number of halogens is 4. The van der Waals surface area contributed by atoms with E-state index in [0.29, 0.717) is 16.4 Å². The molecule has 1 atom stereocenters. The first kappa shape index (κ1) is 30.8. The minimum Gasteiger partial charge on any atom is -0.468 e. The third-order valence-corrected chi connectivity index (χ3v) is 7.90. The predicted molar refractivity (Wildman–Crippen MR) is 157 cm³/mol. The first-order valence-electron chi connectivity index (χ1n) is 12.6. The molecule has 7 nitrogen and oxygen atoms in total. The van der Waals surface area contributed by atoms with E-state index < -0.39 is 23.6 Å². The Bertz CT molecular complexity index is 1630. The normalized spacial score (nSPS) is 15.3. The van der Waals surface area contributed by atoms with E-state index in [-0.39, 0.29) is 39.3 Å². The van der Waals surface area contributed by atoms with Crippen molar-refractivity contribution in [3.63, 3.8) is 0 Å². The molecule has 0 saturated heterocycles. The van der Waals surface area contributed by atoms with Crippen molar-refractivity contribution < 1.29 is 27.2 Å². The first-order chi connectivity index (χ1) is 19.8. The molecule has 0 radical (unpaired) electrons. The van der Waals surface area contributed by atoms with Crippen LogP contribution in [0.2, 0.25) is 5.02 Å². The molecule has 42 heavy (non-hydrogen) atoms. The fourth-order valence-electron chi connectivity index (χ4n) is 4.74. The van der Waals surface area contributed by atoms with E-state index in [1.54, 1.807) is 19.1 Å². The van der Waals surface area contributed by atoms with Gasteiger partial charge < -0.3 is 20.4 Å². The van der Waals surface area contributed by atoms with Crippen LogP contribution in [0.5, 0.6) is 0 Å². The summed E-state index contributed by atoms with van der Waals surface area (Å²) in [6, 6.07) is 11.8. The van der Waals surface area contributed by atoms with Gasteiger partial charge in [-0.15, -0.1) is 0 Å². The Morgan fingerprint density at radius 2 is 1.79 bits per heavy atom. The quantitative estimate of drug-likeness (QED) is 0.253. The van der Waals surface area contributed by atoms with Crippen LogP contribution in [0.4, 0.5) is 24.5 Å². The fraction of sp³-hybridized carbons (Fsp3) is 0.233. The maximum Gasteiger partial charge on any atom is 0.416 e. The number of furan rings is 1. The van der Waals surface area contributed by atoms with E-state index in [9.17, 15) is 28.0 Å². The maximum atomic E-state index is 13.5. The Morgan fingerprint density at radius 1 is 1.10 bits per heavy atom. The number of hydrogen-bond donors (Lipinski definition) is 3. The molecule has 0 aliphatic carbocycles. The van der Waals surface area contributed by atoms with E-state index in [2.05, 4.69) is 22.0 Å². The van der Waals surface area contributed by atoms with Gasteiger partial charge in [-0.3, -0.25) is 9.59 Å². The van der Waals surface area contributed by atoms with Crippen molar-refractivity contribution in [1.82, 2.24) is 5.32 Å². The van der Waals surface area contributed by atoms with Gasteiger partial charge in [0.05, 0.1) is 56.5 Å². The van der Waals surface area contributed by atoms with Crippen LogP contribution in [0.1, 0.15) is 40.9 Å². The molecule has 0 fully saturated rings. The number of amides is 2. The van der Waals surface area contributed by atoms with E-state index in [1.807, 2.05) is 32.9 Å². The molecule has 1 aliphatic heterocycles. The highest BCUT2D eigenvalue weighted by molar-refractivity contribution is 8.03. The summed E-state index contributed by atoms with van der Waals surface area (Å²) in [5, 5.41) is 18.8. The van der Waals surface area contributed by atoms with Crippen molar-refractivity contribution in [2.45, 2.75) is 39.8 Å². The minimum atomic E-state index is -4.64. The number of nitriles is 1. The van der Waals surface area contributed by atoms with Gasteiger partial charge in [0.1, 0.15) is 5.76 Å². The van der Waals surface area contributed by atoms with Gasteiger partial charge in [-0.2, -0.15) is 18.4 Å². The Morgan fingerprint density at radius 3 is 2.38 bits per heavy atom. The van der Waals surface area contributed by atoms with Gasteiger partial charge in [0.2, 0.25) is 5.91 Å². The number of aryl methyl sites for hydroxylation is 3. The van der Waals surface area contributed by atoms with Gasteiger partial charge >= 0.3 is 6.18 Å². The zero-order valence-electron chi connectivity index (χ0n) is 23.0. The molecule has 3 N–H and O–H groups in total. The van der Waals surface area contributed by atoms with Crippen molar-refractivity contribution in [2.24, 2.45) is 0 Å². The van der Waals surface area contributed by atoms with Crippen molar-refractivity contribution in [3.8, 4) is 6.07 Å². The zero-order chi connectivity index (χ0) is 30.8. The predicted octanol–water partition coefficient (Wildman–Crippen LogP) is 7.58. The van der Waals surface area contributed by atoms with Crippen molar-refractivity contribution >= 4 is 46.6 Å². The average Bonchev–Trinajstić information content (AvgIpc) is 3.44. The summed E-state index contributed by atoms with van der Waals surface area (Å²) in [4.78, 5) is 26.4. The zero-order valence-corrected chi connectivity index (χ0v) is 24.6. The molecule has 0 spiro atoms. The molecule has 0 bridgehead atoms. The first-order valence-corrected chi connectivity index (χ1v) is 14.0. The molecular weight excluding hydrogens is 589 g/mol. The standard InChI is InChI=1S/C30H26ClF3N4O3S/c1-15-10-16(2)27(17(3)11-15)38-24(39)14-42-29-20(13-35)26(23-6-5-9-41-23)25(18(4)36-29)28(40)37-22-12-19(30(32,33)34)7-8-21(22)31/h5-12,26,36H,14H2,1-4H3,(H,37,40)(H,38,39). The number of anilines is 2. The number of hydrogen-bond acceptors (Lipinski definition) is 6. The molecule has 0 saturated carbocycles. The van der Waals surface area contributed by atoms with E-state index in [1.165, 1.54) is 6.26 Å². The van der Waals surface area contributed by atoms with Gasteiger partial charge in [-0.1, -0.05) is 41.1 Å². The van der Waals surface area contributed by atoms with Crippen LogP contribution in [-0.4, -0.2) is 17.6 Å².